The summed E-state index contributed by atoms with van der Waals surface area (Å²) < 4.78 is 0. The maximum Gasteiger partial charge on any atom is -0.00173 e. The normalized spacial score (nSPS) is 28.3. The lowest BCUT2D eigenvalue weighted by Crippen LogP contribution is -2.36. The van der Waals surface area contributed by atoms with E-state index in [1.807, 2.05) is 0 Å². The van der Waals surface area contributed by atoms with Crippen molar-refractivity contribution in [2.75, 3.05) is 6.54 Å². The maximum absolute atomic E-state index is 6.10. The van der Waals surface area contributed by atoms with Gasteiger partial charge in [-0.3, -0.25) is 0 Å². The lowest BCUT2D eigenvalue weighted by molar-refractivity contribution is 0.163. The summed E-state index contributed by atoms with van der Waals surface area (Å²) in [5, 5.41) is 0. The fraction of sp³-hybridized carbons (Fsp3) is 0.647. The van der Waals surface area contributed by atoms with Crippen LogP contribution in [0.3, 0.4) is 0 Å². The van der Waals surface area contributed by atoms with Crippen LogP contribution in [0, 0.1) is 25.2 Å². The number of benzene rings is 1. The van der Waals surface area contributed by atoms with Crippen molar-refractivity contribution in [2.24, 2.45) is 17.1 Å². The summed E-state index contributed by atoms with van der Waals surface area (Å²) in [6, 6.07) is 6.89. The van der Waals surface area contributed by atoms with Gasteiger partial charge in [0, 0.05) is 0 Å². The monoisotopic (exact) mass is 245 g/mol. The van der Waals surface area contributed by atoms with Crippen molar-refractivity contribution in [1.29, 1.82) is 0 Å². The van der Waals surface area contributed by atoms with E-state index in [9.17, 15) is 0 Å². The van der Waals surface area contributed by atoms with E-state index in [0.717, 1.165) is 18.9 Å². The Morgan fingerprint density at radius 1 is 1.17 bits per heavy atom. The van der Waals surface area contributed by atoms with Crippen LogP contribution in [0.4, 0.5) is 0 Å². The van der Waals surface area contributed by atoms with Gasteiger partial charge in [0.25, 0.3) is 0 Å². The van der Waals surface area contributed by atoms with Gasteiger partial charge in [0.05, 0.1) is 0 Å². The third kappa shape index (κ3) is 2.95. The van der Waals surface area contributed by atoms with E-state index in [0.29, 0.717) is 5.41 Å². The topological polar surface area (TPSA) is 26.0 Å². The van der Waals surface area contributed by atoms with Crippen LogP contribution < -0.4 is 5.73 Å². The molecule has 1 fully saturated rings. The zero-order chi connectivity index (χ0) is 13.2. The third-order valence-corrected chi connectivity index (χ3v) is 4.92. The molecule has 100 valence electrons. The highest BCUT2D eigenvalue weighted by atomic mass is 14.6. The first-order valence-electron chi connectivity index (χ1n) is 7.31. The molecule has 0 aromatic heterocycles. The van der Waals surface area contributed by atoms with Crippen LogP contribution in [0.5, 0.6) is 0 Å². The highest BCUT2D eigenvalue weighted by Crippen LogP contribution is 2.40. The minimum absolute atomic E-state index is 0.369. The molecule has 0 amide bonds. The van der Waals surface area contributed by atoms with Crippen LogP contribution in [-0.4, -0.2) is 6.54 Å². The Balaban J connectivity index is 2.12. The van der Waals surface area contributed by atoms with E-state index in [2.05, 4.69) is 39.0 Å². The lowest BCUT2D eigenvalue weighted by atomic mass is 9.68. The Bertz CT molecular complexity index is 400. The summed E-state index contributed by atoms with van der Waals surface area (Å²) in [5.41, 5.74) is 10.7. The minimum atomic E-state index is 0.369. The van der Waals surface area contributed by atoms with E-state index in [4.69, 9.17) is 5.73 Å². The molecule has 1 aromatic carbocycles. The molecule has 0 unspecified atom stereocenters. The molecule has 1 saturated carbocycles. The van der Waals surface area contributed by atoms with Crippen molar-refractivity contribution in [2.45, 2.75) is 52.9 Å². The van der Waals surface area contributed by atoms with Crippen molar-refractivity contribution in [1.82, 2.24) is 0 Å². The standard InChI is InChI=1S/C17H27N/c1-13-6-8-17(12-18,9-7-13)11-16-5-4-14(2)15(3)10-16/h4-5,10,13H,6-9,11-12,18H2,1-3H3. The molecule has 2 rings (SSSR count). The second kappa shape index (κ2) is 5.44. The molecule has 0 aliphatic heterocycles. The van der Waals surface area contributed by atoms with Gasteiger partial charge in [0.2, 0.25) is 0 Å². The molecule has 0 heterocycles. The quantitative estimate of drug-likeness (QED) is 0.855. The number of nitrogens with two attached hydrogens (primary N) is 1. The predicted molar refractivity (Wildman–Crippen MR) is 78.7 cm³/mol. The first kappa shape index (κ1) is 13.6. The number of hydrogen-bond donors (Lipinski definition) is 1. The molecule has 1 aliphatic carbocycles. The van der Waals surface area contributed by atoms with Crippen molar-refractivity contribution < 1.29 is 0 Å². The molecule has 1 aliphatic rings. The van der Waals surface area contributed by atoms with Crippen molar-refractivity contribution in [3.8, 4) is 0 Å². The first-order chi connectivity index (χ1) is 8.54. The first-order valence-corrected chi connectivity index (χ1v) is 7.31. The zero-order valence-electron chi connectivity index (χ0n) is 12.1. The Hall–Kier alpha value is -0.820. The van der Waals surface area contributed by atoms with E-state index in [-0.39, 0.29) is 0 Å². The SMILES string of the molecule is Cc1ccc(CC2(CN)CCC(C)CC2)cc1C. The largest absolute Gasteiger partial charge is 0.330 e. The van der Waals surface area contributed by atoms with Gasteiger partial charge < -0.3 is 5.73 Å². The maximum atomic E-state index is 6.10. The molecule has 0 spiro atoms. The molecule has 1 nitrogen and oxygen atoms in total. The second-order valence-electron chi connectivity index (χ2n) is 6.48. The smallest absolute Gasteiger partial charge is 0.00173 e. The molecule has 0 bridgehead atoms. The number of rotatable bonds is 3. The van der Waals surface area contributed by atoms with Gasteiger partial charge in [-0.15, -0.1) is 0 Å². The molecule has 18 heavy (non-hydrogen) atoms. The van der Waals surface area contributed by atoms with Crippen LogP contribution in [0.15, 0.2) is 18.2 Å². The molecular weight excluding hydrogens is 218 g/mol. The fourth-order valence-corrected chi connectivity index (χ4v) is 3.17. The van der Waals surface area contributed by atoms with Gasteiger partial charge in [-0.1, -0.05) is 38.0 Å². The lowest BCUT2D eigenvalue weighted by Gasteiger charge is -2.39. The summed E-state index contributed by atoms with van der Waals surface area (Å²) in [7, 11) is 0. The Labute approximate surface area is 112 Å². The molecule has 0 saturated heterocycles. The highest BCUT2D eigenvalue weighted by molar-refractivity contribution is 5.30. The van der Waals surface area contributed by atoms with Crippen LogP contribution in [0.1, 0.15) is 49.3 Å². The van der Waals surface area contributed by atoms with Crippen LogP contribution >= 0.6 is 0 Å². The molecule has 2 N–H and O–H groups in total. The Morgan fingerprint density at radius 2 is 1.83 bits per heavy atom. The van der Waals surface area contributed by atoms with Gasteiger partial charge >= 0.3 is 0 Å². The number of aryl methyl sites for hydroxylation is 2. The van der Waals surface area contributed by atoms with E-state index in [1.165, 1.54) is 42.4 Å². The van der Waals surface area contributed by atoms with E-state index < -0.39 is 0 Å². The average Bonchev–Trinajstić information content (AvgIpc) is 2.37. The van der Waals surface area contributed by atoms with E-state index in [1.54, 1.807) is 0 Å². The molecule has 0 radical (unpaired) electrons. The van der Waals surface area contributed by atoms with Gasteiger partial charge in [0.1, 0.15) is 0 Å². The van der Waals surface area contributed by atoms with Gasteiger partial charge in [-0.2, -0.15) is 0 Å². The molecule has 1 heteroatoms. The third-order valence-electron chi connectivity index (χ3n) is 4.92. The summed E-state index contributed by atoms with van der Waals surface area (Å²) in [4.78, 5) is 0. The Morgan fingerprint density at radius 3 is 2.39 bits per heavy atom. The van der Waals surface area contributed by atoms with Crippen LogP contribution in [0.25, 0.3) is 0 Å². The Kier molecular flexibility index (Phi) is 4.11. The van der Waals surface area contributed by atoms with Gasteiger partial charge in [-0.05, 0) is 67.7 Å². The van der Waals surface area contributed by atoms with Gasteiger partial charge in [0.15, 0.2) is 0 Å². The zero-order valence-corrected chi connectivity index (χ0v) is 12.1. The van der Waals surface area contributed by atoms with Crippen LogP contribution in [0.2, 0.25) is 0 Å². The summed E-state index contributed by atoms with van der Waals surface area (Å²) >= 11 is 0. The fourth-order valence-electron chi connectivity index (χ4n) is 3.17. The summed E-state index contributed by atoms with van der Waals surface area (Å²) in [6.45, 7) is 7.60. The number of hydrogen-bond acceptors (Lipinski definition) is 1. The van der Waals surface area contributed by atoms with Crippen LogP contribution in [-0.2, 0) is 6.42 Å². The summed E-state index contributed by atoms with van der Waals surface area (Å²) in [5.74, 6) is 0.893. The molecule has 1 aromatic rings. The molecular formula is C17H27N. The average molecular weight is 245 g/mol. The van der Waals surface area contributed by atoms with Crippen molar-refractivity contribution in [3.63, 3.8) is 0 Å². The van der Waals surface area contributed by atoms with Crippen molar-refractivity contribution >= 4 is 0 Å². The second-order valence-corrected chi connectivity index (χ2v) is 6.48. The van der Waals surface area contributed by atoms with Gasteiger partial charge in [-0.25, -0.2) is 0 Å². The predicted octanol–water partition coefficient (Wildman–Crippen LogP) is 4.00. The van der Waals surface area contributed by atoms with Crippen molar-refractivity contribution in [3.05, 3.63) is 34.9 Å². The van der Waals surface area contributed by atoms with E-state index >= 15 is 0 Å². The summed E-state index contributed by atoms with van der Waals surface area (Å²) in [6.07, 6.45) is 6.47. The minimum Gasteiger partial charge on any atom is -0.330 e. The molecule has 0 atom stereocenters. The highest BCUT2D eigenvalue weighted by Gasteiger charge is 2.32.